The van der Waals surface area contributed by atoms with Gasteiger partial charge in [-0.05, 0) is 37.8 Å². The molecule has 0 radical (unpaired) electrons. The summed E-state index contributed by atoms with van der Waals surface area (Å²) in [6, 6.07) is 6.98. The molecule has 1 unspecified atom stereocenters. The second-order valence-corrected chi connectivity index (χ2v) is 7.44. The summed E-state index contributed by atoms with van der Waals surface area (Å²) < 4.78 is 2.36. The number of nitro benzene ring substituents is 1. The molecule has 1 atom stereocenters. The maximum atomic E-state index is 11.0. The van der Waals surface area contributed by atoms with Crippen LogP contribution in [0.15, 0.2) is 24.3 Å². The molecule has 1 fully saturated rings. The molecule has 2 aliphatic heterocycles. The Balaban J connectivity index is 1.47. The van der Waals surface area contributed by atoms with E-state index in [0.717, 1.165) is 62.7 Å². The lowest BCUT2D eigenvalue weighted by Gasteiger charge is -2.32. The van der Waals surface area contributed by atoms with Crippen molar-refractivity contribution < 1.29 is 4.92 Å². The van der Waals surface area contributed by atoms with Gasteiger partial charge in [0, 0.05) is 44.1 Å². The van der Waals surface area contributed by atoms with E-state index in [1.54, 1.807) is 18.2 Å². The van der Waals surface area contributed by atoms with Crippen LogP contribution < -0.4 is 0 Å². The van der Waals surface area contributed by atoms with E-state index in [1.807, 2.05) is 6.07 Å². The topological polar surface area (TPSA) is 77.1 Å². The predicted octanol–water partition coefficient (Wildman–Crippen LogP) is 3.29. The monoisotopic (exact) mass is 355 g/mol. The molecule has 0 amide bonds. The number of rotatable bonds is 4. The highest BCUT2D eigenvalue weighted by Crippen LogP contribution is 2.29. The van der Waals surface area contributed by atoms with Crippen LogP contribution in [0.2, 0.25) is 0 Å². The minimum atomic E-state index is -0.325. The van der Waals surface area contributed by atoms with Crippen molar-refractivity contribution >= 4 is 5.69 Å². The number of hydrogen-bond acceptors (Lipinski definition) is 5. The molecule has 0 aliphatic carbocycles. The molecule has 138 valence electrons. The summed E-state index contributed by atoms with van der Waals surface area (Å²) in [5.41, 5.74) is 1.17. The number of aromatic nitrogens is 3. The molecule has 7 heteroatoms. The van der Waals surface area contributed by atoms with E-state index in [9.17, 15) is 10.1 Å². The summed E-state index contributed by atoms with van der Waals surface area (Å²) in [6.45, 7) is 3.76. The van der Waals surface area contributed by atoms with Gasteiger partial charge in [0.15, 0.2) is 0 Å². The molecule has 1 aromatic heterocycles. The summed E-state index contributed by atoms with van der Waals surface area (Å²) in [5, 5.41) is 20.0. The first-order chi connectivity index (χ1) is 12.7. The lowest BCUT2D eigenvalue weighted by Crippen LogP contribution is -2.35. The Kier molecular flexibility index (Phi) is 4.97. The number of nitro groups is 1. The Morgan fingerprint density at radius 2 is 2.08 bits per heavy atom. The third-order valence-electron chi connectivity index (χ3n) is 5.54. The first-order valence-electron chi connectivity index (χ1n) is 9.58. The third-order valence-corrected chi connectivity index (χ3v) is 5.54. The minimum absolute atomic E-state index is 0.166. The van der Waals surface area contributed by atoms with Crippen molar-refractivity contribution in [1.82, 2.24) is 19.7 Å². The number of non-ortho nitro benzene ring substituents is 1. The minimum Gasteiger partial charge on any atom is -0.315 e. The zero-order valence-corrected chi connectivity index (χ0v) is 15.0. The van der Waals surface area contributed by atoms with Crippen molar-refractivity contribution in [2.75, 3.05) is 13.1 Å². The molecule has 0 spiro atoms. The molecule has 1 aromatic carbocycles. The first kappa shape index (κ1) is 17.1. The smallest absolute Gasteiger partial charge is 0.269 e. The van der Waals surface area contributed by atoms with Crippen LogP contribution in [0.4, 0.5) is 5.69 Å². The Labute approximate surface area is 153 Å². The van der Waals surface area contributed by atoms with Gasteiger partial charge in [-0.2, -0.15) is 0 Å². The summed E-state index contributed by atoms with van der Waals surface area (Å²) in [5.74, 6) is 2.70. The van der Waals surface area contributed by atoms with E-state index >= 15 is 0 Å². The summed E-state index contributed by atoms with van der Waals surface area (Å²) in [4.78, 5) is 13.1. The fourth-order valence-corrected chi connectivity index (χ4v) is 4.25. The Bertz CT molecular complexity index is 788. The highest BCUT2D eigenvalue weighted by Gasteiger charge is 2.27. The molecule has 2 aromatic rings. The summed E-state index contributed by atoms with van der Waals surface area (Å²) >= 11 is 0. The van der Waals surface area contributed by atoms with Gasteiger partial charge in [0.05, 0.1) is 4.92 Å². The van der Waals surface area contributed by atoms with Gasteiger partial charge < -0.3 is 4.57 Å². The van der Waals surface area contributed by atoms with Crippen molar-refractivity contribution in [3.8, 4) is 0 Å². The molecule has 4 rings (SSSR count). The normalized spacial score (nSPS) is 21.2. The van der Waals surface area contributed by atoms with E-state index in [0.29, 0.717) is 5.92 Å². The Morgan fingerprint density at radius 3 is 2.96 bits per heavy atom. The molecule has 26 heavy (non-hydrogen) atoms. The molecule has 7 nitrogen and oxygen atoms in total. The van der Waals surface area contributed by atoms with Gasteiger partial charge in [0.2, 0.25) is 0 Å². The van der Waals surface area contributed by atoms with Crippen LogP contribution in [-0.4, -0.2) is 37.7 Å². The quantitative estimate of drug-likeness (QED) is 0.621. The molecule has 0 N–H and O–H groups in total. The molecule has 2 aliphatic rings. The van der Waals surface area contributed by atoms with Crippen molar-refractivity contribution in [1.29, 1.82) is 0 Å². The van der Waals surface area contributed by atoms with Gasteiger partial charge in [0.1, 0.15) is 11.6 Å². The van der Waals surface area contributed by atoms with Gasteiger partial charge in [-0.3, -0.25) is 15.0 Å². The summed E-state index contributed by atoms with van der Waals surface area (Å²) in [6.07, 6.45) is 7.00. The van der Waals surface area contributed by atoms with Gasteiger partial charge >= 0.3 is 0 Å². The number of benzene rings is 1. The van der Waals surface area contributed by atoms with Gasteiger partial charge in [-0.1, -0.05) is 18.6 Å². The van der Waals surface area contributed by atoms with Crippen LogP contribution in [0.5, 0.6) is 0 Å². The molecular weight excluding hydrogens is 330 g/mol. The van der Waals surface area contributed by atoms with E-state index in [4.69, 9.17) is 0 Å². The third kappa shape index (κ3) is 3.62. The number of likely N-dealkylation sites (tertiary alicyclic amines) is 1. The van der Waals surface area contributed by atoms with Crippen LogP contribution in [0, 0.1) is 10.1 Å². The van der Waals surface area contributed by atoms with Crippen molar-refractivity contribution in [3.05, 3.63) is 51.6 Å². The van der Waals surface area contributed by atoms with Crippen molar-refractivity contribution in [3.63, 3.8) is 0 Å². The maximum Gasteiger partial charge on any atom is 0.269 e. The molecule has 3 heterocycles. The Morgan fingerprint density at radius 1 is 1.15 bits per heavy atom. The maximum absolute atomic E-state index is 11.0. The molecule has 0 bridgehead atoms. The number of nitrogens with zero attached hydrogens (tertiary/aromatic N) is 5. The Hall–Kier alpha value is -2.28. The average Bonchev–Trinajstić information content (AvgIpc) is 2.91. The van der Waals surface area contributed by atoms with Crippen LogP contribution in [0.25, 0.3) is 0 Å². The molecule has 1 saturated heterocycles. The number of aryl methyl sites for hydroxylation is 1. The molecular formula is C19H25N5O2. The second-order valence-electron chi connectivity index (χ2n) is 7.44. The highest BCUT2D eigenvalue weighted by atomic mass is 16.6. The van der Waals surface area contributed by atoms with Crippen molar-refractivity contribution in [2.24, 2.45) is 0 Å². The predicted molar refractivity (Wildman–Crippen MR) is 97.9 cm³/mol. The van der Waals surface area contributed by atoms with Gasteiger partial charge in [-0.25, -0.2) is 0 Å². The lowest BCUT2D eigenvalue weighted by atomic mass is 9.96. The zero-order valence-electron chi connectivity index (χ0n) is 15.0. The fourth-order valence-electron chi connectivity index (χ4n) is 4.25. The van der Waals surface area contributed by atoms with E-state index in [2.05, 4.69) is 19.7 Å². The SMILES string of the molecule is O=[N+]([O-])c1cccc(CN2CCCC(c3nnc4n3CCCCC4)C2)c1. The molecule has 0 saturated carbocycles. The van der Waals surface area contributed by atoms with Crippen molar-refractivity contribution in [2.45, 2.75) is 57.5 Å². The second kappa shape index (κ2) is 7.53. The van der Waals surface area contributed by atoms with E-state index in [1.165, 1.54) is 19.3 Å². The number of hydrogen-bond donors (Lipinski definition) is 0. The van der Waals surface area contributed by atoms with Crippen LogP contribution >= 0.6 is 0 Å². The van der Waals surface area contributed by atoms with Gasteiger partial charge in [-0.15, -0.1) is 10.2 Å². The van der Waals surface area contributed by atoms with Gasteiger partial charge in [0.25, 0.3) is 5.69 Å². The van der Waals surface area contributed by atoms with Crippen LogP contribution in [0.3, 0.4) is 0 Å². The van der Waals surface area contributed by atoms with Crippen LogP contribution in [0.1, 0.15) is 55.2 Å². The summed E-state index contributed by atoms with van der Waals surface area (Å²) in [7, 11) is 0. The average molecular weight is 355 g/mol. The van der Waals surface area contributed by atoms with Crippen LogP contribution in [-0.2, 0) is 19.5 Å². The number of fused-ring (bicyclic) bond motifs is 1. The zero-order chi connectivity index (χ0) is 17.9. The standard InChI is InChI=1S/C19H25N5O2/c25-24(26)17-8-4-6-15(12-17)13-22-10-5-7-16(14-22)19-21-20-18-9-2-1-3-11-23(18)19/h4,6,8,12,16H,1-3,5,7,9-11,13-14H2. The van der Waals surface area contributed by atoms with E-state index < -0.39 is 0 Å². The number of piperidine rings is 1. The first-order valence-corrected chi connectivity index (χ1v) is 9.58. The highest BCUT2D eigenvalue weighted by molar-refractivity contribution is 5.34. The lowest BCUT2D eigenvalue weighted by molar-refractivity contribution is -0.384. The largest absolute Gasteiger partial charge is 0.315 e. The van der Waals surface area contributed by atoms with E-state index in [-0.39, 0.29) is 10.6 Å². The fraction of sp³-hybridized carbons (Fsp3) is 0.579.